The fourth-order valence-corrected chi connectivity index (χ4v) is 1.95. The van der Waals surface area contributed by atoms with E-state index in [-0.39, 0.29) is 6.61 Å². The van der Waals surface area contributed by atoms with Crippen molar-refractivity contribution >= 4 is 11.8 Å². The van der Waals surface area contributed by atoms with E-state index in [2.05, 4.69) is 17.2 Å². The number of benzene rings is 2. The van der Waals surface area contributed by atoms with Gasteiger partial charge in [-0.15, -0.1) is 0 Å². The molecule has 0 spiro atoms. The molecule has 0 aliphatic rings. The third kappa shape index (κ3) is 5.58. The number of rotatable bonds is 5. The molecule has 0 bridgehead atoms. The van der Waals surface area contributed by atoms with Gasteiger partial charge < -0.3 is 20.5 Å². The Hall–Kier alpha value is -3.13. The van der Waals surface area contributed by atoms with Crippen molar-refractivity contribution in [3.8, 4) is 17.6 Å². The van der Waals surface area contributed by atoms with Crippen molar-refractivity contribution < 1.29 is 14.3 Å². The van der Waals surface area contributed by atoms with Crippen LogP contribution in [0, 0.1) is 11.8 Å². The average Bonchev–Trinajstić information content (AvgIpc) is 2.62. The number of hydrogen-bond acceptors (Lipinski definition) is 4. The molecule has 0 radical (unpaired) electrons. The van der Waals surface area contributed by atoms with E-state index in [0.717, 1.165) is 11.1 Å². The standard InChI is InChI=1S/C19H20N2O3/c1-23-18-13-15(10-11-17(18)20)7-5-6-12-21-19(22)24-14-16-8-3-2-4-9-16/h2-4,8-11,13H,6,12,14,20H2,1H3,(H,21,22). The average molecular weight is 324 g/mol. The molecule has 0 saturated carbocycles. The van der Waals surface area contributed by atoms with Gasteiger partial charge in [0.2, 0.25) is 0 Å². The zero-order valence-corrected chi connectivity index (χ0v) is 13.5. The first-order valence-electron chi connectivity index (χ1n) is 7.56. The topological polar surface area (TPSA) is 73.6 Å². The summed E-state index contributed by atoms with van der Waals surface area (Å²) in [6.07, 6.45) is 0.0717. The Labute approximate surface area is 141 Å². The summed E-state index contributed by atoms with van der Waals surface area (Å²) in [5.41, 5.74) is 8.08. The van der Waals surface area contributed by atoms with Crippen LogP contribution in [0.3, 0.4) is 0 Å². The van der Waals surface area contributed by atoms with Gasteiger partial charge in [0.1, 0.15) is 12.4 Å². The van der Waals surface area contributed by atoms with Gasteiger partial charge in [-0.1, -0.05) is 42.2 Å². The third-order valence-corrected chi connectivity index (χ3v) is 3.20. The molecule has 0 saturated heterocycles. The minimum absolute atomic E-state index is 0.254. The molecular formula is C19H20N2O3. The third-order valence-electron chi connectivity index (χ3n) is 3.20. The number of methoxy groups -OCH3 is 1. The number of nitrogens with two attached hydrogens (primary N) is 1. The van der Waals surface area contributed by atoms with Crippen molar-refractivity contribution in [1.29, 1.82) is 0 Å². The Bertz CT molecular complexity index is 733. The molecule has 124 valence electrons. The Morgan fingerprint density at radius 1 is 1.21 bits per heavy atom. The predicted octanol–water partition coefficient (Wildman–Crippen LogP) is 2.95. The quantitative estimate of drug-likeness (QED) is 0.504. The molecule has 3 N–H and O–H groups in total. The lowest BCUT2D eigenvalue weighted by molar-refractivity contribution is 0.140. The van der Waals surface area contributed by atoms with Crippen molar-refractivity contribution in [3.05, 3.63) is 59.7 Å². The smallest absolute Gasteiger partial charge is 0.407 e. The van der Waals surface area contributed by atoms with Crippen LogP contribution in [0.15, 0.2) is 48.5 Å². The molecular weight excluding hydrogens is 304 g/mol. The lowest BCUT2D eigenvalue weighted by atomic mass is 10.2. The van der Waals surface area contributed by atoms with Crippen LogP contribution in [0.4, 0.5) is 10.5 Å². The van der Waals surface area contributed by atoms with Gasteiger partial charge in [0.15, 0.2) is 0 Å². The summed E-state index contributed by atoms with van der Waals surface area (Å²) in [5.74, 6) is 6.59. The maximum Gasteiger partial charge on any atom is 0.407 e. The summed E-state index contributed by atoms with van der Waals surface area (Å²) < 4.78 is 10.2. The fraction of sp³-hybridized carbons (Fsp3) is 0.211. The van der Waals surface area contributed by atoms with Gasteiger partial charge >= 0.3 is 6.09 Å². The molecule has 0 heterocycles. The second kappa shape index (κ2) is 9.11. The zero-order valence-electron chi connectivity index (χ0n) is 13.5. The molecule has 0 fully saturated rings. The first-order chi connectivity index (χ1) is 11.7. The number of amides is 1. The van der Waals surface area contributed by atoms with E-state index in [0.29, 0.717) is 24.4 Å². The lowest BCUT2D eigenvalue weighted by Crippen LogP contribution is -2.24. The Morgan fingerprint density at radius 2 is 2.00 bits per heavy atom. The summed E-state index contributed by atoms with van der Waals surface area (Å²) in [7, 11) is 1.56. The maximum atomic E-state index is 11.6. The summed E-state index contributed by atoms with van der Waals surface area (Å²) >= 11 is 0. The highest BCUT2D eigenvalue weighted by Gasteiger charge is 2.01. The summed E-state index contributed by atoms with van der Waals surface area (Å²) in [6, 6.07) is 14.9. The highest BCUT2D eigenvalue weighted by Crippen LogP contribution is 2.21. The number of nitrogens with one attached hydrogen (secondary N) is 1. The molecule has 2 aromatic carbocycles. The molecule has 0 aliphatic heterocycles. The van der Waals surface area contributed by atoms with Crippen LogP contribution in [0.1, 0.15) is 17.5 Å². The summed E-state index contributed by atoms with van der Waals surface area (Å²) in [4.78, 5) is 11.6. The van der Waals surface area contributed by atoms with Crippen LogP contribution in [-0.2, 0) is 11.3 Å². The lowest BCUT2D eigenvalue weighted by Gasteiger charge is -2.05. The fourth-order valence-electron chi connectivity index (χ4n) is 1.95. The van der Waals surface area contributed by atoms with Crippen molar-refractivity contribution in [3.63, 3.8) is 0 Å². The molecule has 1 amide bonds. The van der Waals surface area contributed by atoms with Crippen molar-refractivity contribution in [2.45, 2.75) is 13.0 Å². The molecule has 24 heavy (non-hydrogen) atoms. The predicted molar refractivity (Wildman–Crippen MR) is 93.5 cm³/mol. The van der Waals surface area contributed by atoms with Crippen LogP contribution in [0.5, 0.6) is 5.75 Å². The van der Waals surface area contributed by atoms with E-state index < -0.39 is 6.09 Å². The highest BCUT2D eigenvalue weighted by molar-refractivity contribution is 5.67. The van der Waals surface area contributed by atoms with Crippen molar-refractivity contribution in [1.82, 2.24) is 5.32 Å². The molecule has 5 heteroatoms. The van der Waals surface area contributed by atoms with Crippen LogP contribution >= 0.6 is 0 Å². The molecule has 0 aromatic heterocycles. The van der Waals surface area contributed by atoms with Crippen LogP contribution in [-0.4, -0.2) is 19.7 Å². The molecule has 2 rings (SSSR count). The van der Waals surface area contributed by atoms with Gasteiger partial charge in [-0.2, -0.15) is 0 Å². The van der Waals surface area contributed by atoms with Crippen LogP contribution < -0.4 is 15.8 Å². The number of ether oxygens (including phenoxy) is 2. The van der Waals surface area contributed by atoms with Gasteiger partial charge in [0.05, 0.1) is 12.8 Å². The van der Waals surface area contributed by atoms with E-state index in [1.807, 2.05) is 36.4 Å². The molecule has 0 atom stereocenters. The van der Waals surface area contributed by atoms with E-state index >= 15 is 0 Å². The molecule has 0 unspecified atom stereocenters. The molecule has 5 nitrogen and oxygen atoms in total. The Morgan fingerprint density at radius 3 is 2.75 bits per heavy atom. The number of carbonyl (C=O) groups is 1. The first-order valence-corrected chi connectivity index (χ1v) is 7.56. The van der Waals surface area contributed by atoms with Crippen molar-refractivity contribution in [2.24, 2.45) is 0 Å². The van der Waals surface area contributed by atoms with Gasteiger partial charge in [0, 0.05) is 18.5 Å². The van der Waals surface area contributed by atoms with E-state index in [1.54, 1.807) is 19.2 Å². The summed E-state index contributed by atoms with van der Waals surface area (Å²) in [5, 5.41) is 2.66. The number of carbonyl (C=O) groups excluding carboxylic acids is 1. The van der Waals surface area contributed by atoms with Gasteiger partial charge in [-0.05, 0) is 23.8 Å². The monoisotopic (exact) mass is 324 g/mol. The largest absolute Gasteiger partial charge is 0.495 e. The number of anilines is 1. The van der Waals surface area contributed by atoms with Crippen LogP contribution in [0.25, 0.3) is 0 Å². The normalized spacial score (nSPS) is 9.54. The van der Waals surface area contributed by atoms with Crippen molar-refractivity contribution in [2.75, 3.05) is 19.4 Å². The SMILES string of the molecule is COc1cc(C#CCCNC(=O)OCc2ccccc2)ccc1N. The van der Waals surface area contributed by atoms with Gasteiger partial charge in [-0.25, -0.2) is 4.79 Å². The number of hydrogen-bond donors (Lipinski definition) is 2. The van der Waals surface area contributed by atoms with Gasteiger partial charge in [0.25, 0.3) is 0 Å². The Kier molecular flexibility index (Phi) is 6.54. The highest BCUT2D eigenvalue weighted by atomic mass is 16.5. The number of alkyl carbamates (subject to hydrolysis) is 1. The van der Waals surface area contributed by atoms with E-state index in [4.69, 9.17) is 15.2 Å². The Balaban J connectivity index is 1.70. The van der Waals surface area contributed by atoms with E-state index in [1.165, 1.54) is 0 Å². The minimum Gasteiger partial charge on any atom is -0.495 e. The first kappa shape index (κ1) is 17.2. The second-order valence-electron chi connectivity index (χ2n) is 5.00. The molecule has 0 aliphatic carbocycles. The molecule has 2 aromatic rings. The van der Waals surface area contributed by atoms with E-state index in [9.17, 15) is 4.79 Å². The number of nitrogen functional groups attached to an aromatic ring is 1. The zero-order chi connectivity index (χ0) is 17.2. The van der Waals surface area contributed by atoms with Gasteiger partial charge in [-0.3, -0.25) is 0 Å². The minimum atomic E-state index is -0.449. The maximum absolute atomic E-state index is 11.6. The summed E-state index contributed by atoms with van der Waals surface area (Å²) in [6.45, 7) is 0.677. The van der Waals surface area contributed by atoms with Crippen LogP contribution in [0.2, 0.25) is 0 Å². The second-order valence-corrected chi connectivity index (χ2v) is 5.00.